The smallest absolute Gasteiger partial charge is 0.252 e. The van der Waals surface area contributed by atoms with Gasteiger partial charge in [-0.15, -0.1) is 10.2 Å². The molecule has 0 saturated carbocycles. The summed E-state index contributed by atoms with van der Waals surface area (Å²) in [5, 5.41) is 22.2. The molecule has 0 unspecified atom stereocenters. The van der Waals surface area contributed by atoms with Gasteiger partial charge in [-0.05, 0) is 30.4 Å². The predicted octanol–water partition coefficient (Wildman–Crippen LogP) is 4.03. The third-order valence-electron chi connectivity index (χ3n) is 5.36. The van der Waals surface area contributed by atoms with Crippen molar-refractivity contribution in [2.24, 2.45) is 5.41 Å². The molecular formula is C21H21F2N5O2. The van der Waals surface area contributed by atoms with Gasteiger partial charge in [-0.2, -0.15) is 5.10 Å². The molecule has 0 fully saturated rings. The summed E-state index contributed by atoms with van der Waals surface area (Å²) < 4.78 is 34.4. The number of benzene rings is 1. The normalized spacial score (nSPS) is 23.5. The van der Waals surface area contributed by atoms with E-state index in [9.17, 15) is 13.9 Å². The number of hydrogen-bond donors (Lipinski definition) is 1. The lowest BCUT2D eigenvalue weighted by atomic mass is 9.77. The first-order valence-electron chi connectivity index (χ1n) is 9.60. The van der Waals surface area contributed by atoms with Crippen molar-refractivity contribution in [3.8, 4) is 28.7 Å². The Morgan fingerprint density at radius 3 is 2.77 bits per heavy atom. The summed E-state index contributed by atoms with van der Waals surface area (Å²) in [6.45, 7) is 4.11. The first-order chi connectivity index (χ1) is 14.4. The summed E-state index contributed by atoms with van der Waals surface area (Å²) in [4.78, 5) is 4.18. The summed E-state index contributed by atoms with van der Waals surface area (Å²) in [6, 6.07) is 4.64. The largest absolute Gasteiger partial charge is 0.507 e. The van der Waals surface area contributed by atoms with Crippen LogP contribution in [-0.2, 0) is 0 Å². The van der Waals surface area contributed by atoms with Crippen LogP contribution >= 0.6 is 0 Å². The molecule has 3 aromatic rings. The summed E-state index contributed by atoms with van der Waals surface area (Å²) in [6.07, 6.45) is 6.56. The van der Waals surface area contributed by atoms with E-state index in [0.717, 1.165) is 12.6 Å². The van der Waals surface area contributed by atoms with E-state index in [4.69, 9.17) is 4.74 Å². The fourth-order valence-electron chi connectivity index (χ4n) is 3.35. The number of phenols is 1. The number of rotatable bonds is 5. The van der Waals surface area contributed by atoms with Crippen LogP contribution in [0.2, 0.25) is 0 Å². The van der Waals surface area contributed by atoms with Gasteiger partial charge in [-0.3, -0.25) is 0 Å². The molecule has 2 aromatic heterocycles. The molecule has 9 heteroatoms. The number of alkyl halides is 1. The van der Waals surface area contributed by atoms with Gasteiger partial charge in [-0.1, -0.05) is 26.0 Å². The number of ether oxygens (including phenoxy) is 1. The second-order valence-corrected chi connectivity index (χ2v) is 7.60. The van der Waals surface area contributed by atoms with Crippen molar-refractivity contribution in [1.29, 1.82) is 0 Å². The molecule has 4 rings (SSSR count). The van der Waals surface area contributed by atoms with E-state index in [1.807, 2.05) is 6.08 Å². The quantitative estimate of drug-likeness (QED) is 0.636. The maximum atomic E-state index is 14.2. The Bertz CT molecular complexity index is 1070. The van der Waals surface area contributed by atoms with Gasteiger partial charge < -0.3 is 9.84 Å². The standard InChI is InChI=1S/C21H21F2N5O2/c1-3-21(2)7-6-16(23)18(9-21)30-19-11-24-20(27-26-19)15-5-4-14(8-17(15)29)28-12-13(22)10-25-28/h4-8,10-12,16,18,29H,3,9H2,1-2H3/t16-,18+,21+/m1/s1. The molecule has 1 aliphatic carbocycles. The van der Waals surface area contributed by atoms with Gasteiger partial charge in [0, 0.05) is 6.07 Å². The molecule has 156 valence electrons. The highest BCUT2D eigenvalue weighted by atomic mass is 19.1. The maximum absolute atomic E-state index is 14.2. The van der Waals surface area contributed by atoms with Gasteiger partial charge in [0.2, 0.25) is 0 Å². The minimum atomic E-state index is -1.23. The highest BCUT2D eigenvalue weighted by molar-refractivity contribution is 5.65. The van der Waals surface area contributed by atoms with Crippen molar-refractivity contribution in [2.45, 2.75) is 39.0 Å². The summed E-state index contributed by atoms with van der Waals surface area (Å²) in [5.41, 5.74) is 0.693. The Kier molecular flexibility index (Phi) is 5.19. The number of phenolic OH excluding ortho intramolecular Hbond substituents is 1. The minimum Gasteiger partial charge on any atom is -0.507 e. The zero-order chi connectivity index (χ0) is 21.3. The Balaban J connectivity index is 1.50. The van der Waals surface area contributed by atoms with Crippen LogP contribution in [0.25, 0.3) is 17.1 Å². The molecule has 3 atom stereocenters. The molecule has 2 heterocycles. The molecule has 0 aliphatic heterocycles. The van der Waals surface area contributed by atoms with Crippen molar-refractivity contribution in [3.05, 3.63) is 54.8 Å². The van der Waals surface area contributed by atoms with Crippen molar-refractivity contribution in [1.82, 2.24) is 25.0 Å². The molecule has 0 bridgehead atoms. The van der Waals surface area contributed by atoms with E-state index >= 15 is 0 Å². The van der Waals surface area contributed by atoms with Crippen LogP contribution in [0.4, 0.5) is 8.78 Å². The van der Waals surface area contributed by atoms with Crippen LogP contribution in [-0.4, -0.2) is 42.3 Å². The predicted molar refractivity (Wildman–Crippen MR) is 105 cm³/mol. The van der Waals surface area contributed by atoms with Gasteiger partial charge in [0.25, 0.3) is 5.88 Å². The molecular weight excluding hydrogens is 392 g/mol. The van der Waals surface area contributed by atoms with Crippen LogP contribution < -0.4 is 4.74 Å². The van der Waals surface area contributed by atoms with E-state index in [1.54, 1.807) is 12.1 Å². The van der Waals surface area contributed by atoms with Crippen LogP contribution in [0.3, 0.4) is 0 Å². The molecule has 7 nitrogen and oxygen atoms in total. The van der Waals surface area contributed by atoms with Crippen molar-refractivity contribution < 1.29 is 18.6 Å². The molecule has 0 amide bonds. The molecule has 1 aromatic carbocycles. The third-order valence-corrected chi connectivity index (χ3v) is 5.36. The maximum Gasteiger partial charge on any atom is 0.252 e. The second-order valence-electron chi connectivity index (χ2n) is 7.60. The van der Waals surface area contributed by atoms with E-state index in [1.165, 1.54) is 29.2 Å². The molecule has 1 N–H and O–H groups in total. The van der Waals surface area contributed by atoms with Gasteiger partial charge in [0.05, 0.1) is 29.8 Å². The number of aromatic hydroxyl groups is 1. The lowest BCUT2D eigenvalue weighted by molar-refractivity contribution is 0.0706. The fourth-order valence-corrected chi connectivity index (χ4v) is 3.35. The zero-order valence-corrected chi connectivity index (χ0v) is 16.5. The van der Waals surface area contributed by atoms with Crippen molar-refractivity contribution in [3.63, 3.8) is 0 Å². The van der Waals surface area contributed by atoms with Gasteiger partial charge in [-0.25, -0.2) is 18.4 Å². The number of hydrogen-bond acceptors (Lipinski definition) is 6. The average Bonchev–Trinajstić information content (AvgIpc) is 3.18. The Hall–Kier alpha value is -3.36. The van der Waals surface area contributed by atoms with E-state index in [2.05, 4.69) is 34.1 Å². The number of nitrogens with zero attached hydrogens (tertiary/aromatic N) is 5. The highest BCUT2D eigenvalue weighted by Crippen LogP contribution is 2.36. The molecule has 1 aliphatic rings. The lowest BCUT2D eigenvalue weighted by Crippen LogP contribution is -2.37. The Morgan fingerprint density at radius 2 is 2.13 bits per heavy atom. The summed E-state index contributed by atoms with van der Waals surface area (Å²) in [7, 11) is 0. The molecule has 0 spiro atoms. The zero-order valence-electron chi connectivity index (χ0n) is 16.5. The Morgan fingerprint density at radius 1 is 1.30 bits per heavy atom. The van der Waals surface area contributed by atoms with Crippen LogP contribution in [0.5, 0.6) is 11.6 Å². The summed E-state index contributed by atoms with van der Waals surface area (Å²) >= 11 is 0. The van der Waals surface area contributed by atoms with Crippen LogP contribution in [0, 0.1) is 11.2 Å². The van der Waals surface area contributed by atoms with Gasteiger partial charge in [0.15, 0.2) is 17.8 Å². The van der Waals surface area contributed by atoms with Gasteiger partial charge in [0.1, 0.15) is 11.9 Å². The number of aromatic nitrogens is 5. The SMILES string of the molecule is CC[C@@]1(C)C=C[C@@H](F)[C@@H](Oc2cnc(-c3ccc(-n4cc(F)cn4)cc3O)nn2)C1. The number of allylic oxidation sites excluding steroid dienone is 1. The molecule has 0 saturated heterocycles. The Labute approximate surface area is 172 Å². The summed E-state index contributed by atoms with van der Waals surface area (Å²) in [5.74, 6) is -0.302. The second kappa shape index (κ2) is 7.81. The number of halogens is 2. The van der Waals surface area contributed by atoms with E-state index in [0.29, 0.717) is 17.7 Å². The minimum absolute atomic E-state index is 0.112. The van der Waals surface area contributed by atoms with E-state index < -0.39 is 18.1 Å². The van der Waals surface area contributed by atoms with Gasteiger partial charge >= 0.3 is 0 Å². The highest BCUT2D eigenvalue weighted by Gasteiger charge is 2.34. The lowest BCUT2D eigenvalue weighted by Gasteiger charge is -2.34. The molecule has 30 heavy (non-hydrogen) atoms. The first kappa shape index (κ1) is 19.9. The van der Waals surface area contributed by atoms with Crippen molar-refractivity contribution in [2.75, 3.05) is 0 Å². The fraction of sp³-hybridized carbons (Fsp3) is 0.333. The monoisotopic (exact) mass is 413 g/mol. The van der Waals surface area contributed by atoms with Crippen molar-refractivity contribution >= 4 is 0 Å². The molecule has 0 radical (unpaired) electrons. The van der Waals surface area contributed by atoms with E-state index in [-0.39, 0.29) is 22.9 Å². The van der Waals surface area contributed by atoms with Crippen LogP contribution in [0.15, 0.2) is 48.9 Å². The first-order valence-corrected chi connectivity index (χ1v) is 9.60. The topological polar surface area (TPSA) is 86.0 Å². The third kappa shape index (κ3) is 4.00. The van der Waals surface area contributed by atoms with Crippen LogP contribution in [0.1, 0.15) is 26.7 Å². The average molecular weight is 413 g/mol.